The number of nitrogens with one attached hydrogen (secondary N) is 1. The first kappa shape index (κ1) is 21.9. The Morgan fingerprint density at radius 1 is 1.13 bits per heavy atom. The van der Waals surface area contributed by atoms with E-state index in [9.17, 15) is 19.8 Å². The van der Waals surface area contributed by atoms with Crippen molar-refractivity contribution in [1.29, 1.82) is 0 Å². The number of aliphatic hydroxyl groups excluding tert-OH is 1. The molecule has 0 aromatic rings. The summed E-state index contributed by atoms with van der Waals surface area (Å²) in [5.74, 6) is -1.28. The molecule has 0 bridgehead atoms. The van der Waals surface area contributed by atoms with Gasteiger partial charge in [-0.2, -0.15) is 0 Å². The van der Waals surface area contributed by atoms with Crippen molar-refractivity contribution < 1.29 is 29.0 Å². The van der Waals surface area contributed by atoms with E-state index in [1.54, 1.807) is 20.8 Å². The lowest BCUT2D eigenvalue weighted by atomic mass is 10.2. The second kappa shape index (κ2) is 7.63. The minimum atomic E-state index is -2.31. The molecule has 8 heteroatoms. The van der Waals surface area contributed by atoms with Crippen molar-refractivity contribution in [2.24, 2.45) is 0 Å². The number of carbonyl (C=O) groups is 2. The molecule has 7 nitrogen and oxygen atoms in total. The maximum Gasteiger partial charge on any atom is 0.408 e. The zero-order valence-electron chi connectivity index (χ0n) is 15.4. The van der Waals surface area contributed by atoms with Crippen LogP contribution in [0, 0.1) is 0 Å². The van der Waals surface area contributed by atoms with Gasteiger partial charge in [-0.05, 0) is 38.9 Å². The van der Waals surface area contributed by atoms with Gasteiger partial charge in [0, 0.05) is 0 Å². The lowest BCUT2D eigenvalue weighted by Gasteiger charge is -2.40. The van der Waals surface area contributed by atoms with Gasteiger partial charge >= 0.3 is 12.1 Å². The molecule has 0 fully saturated rings. The second-order valence-corrected chi connectivity index (χ2v) is 12.8. The summed E-state index contributed by atoms with van der Waals surface area (Å²) in [6, 6.07) is -1.39. The molecule has 0 aliphatic rings. The Labute approximate surface area is 139 Å². The Morgan fingerprint density at radius 3 is 1.91 bits per heavy atom. The van der Waals surface area contributed by atoms with Crippen LogP contribution in [0.5, 0.6) is 0 Å². The number of aliphatic hydroxyl groups is 1. The largest absolute Gasteiger partial charge is 0.480 e. The Hall–Kier alpha value is -1.12. The van der Waals surface area contributed by atoms with Crippen LogP contribution in [0.2, 0.25) is 18.1 Å². The summed E-state index contributed by atoms with van der Waals surface area (Å²) in [6.45, 7) is 14.4. The van der Waals surface area contributed by atoms with Gasteiger partial charge in [0.1, 0.15) is 5.60 Å². The lowest BCUT2D eigenvalue weighted by Crippen LogP contribution is -2.56. The number of hydrogen-bond donors (Lipinski definition) is 3. The van der Waals surface area contributed by atoms with Crippen LogP contribution in [0.15, 0.2) is 0 Å². The summed E-state index contributed by atoms with van der Waals surface area (Å²) in [7, 11) is -2.31. The fourth-order valence-electron chi connectivity index (χ4n) is 1.51. The number of carbonyl (C=O) groups excluding carboxylic acids is 1. The molecule has 23 heavy (non-hydrogen) atoms. The average molecular weight is 350 g/mol. The van der Waals surface area contributed by atoms with Crippen LogP contribution >= 0.6 is 0 Å². The Morgan fingerprint density at radius 2 is 1.61 bits per heavy atom. The number of ether oxygens (including phenoxy) is 1. The van der Waals surface area contributed by atoms with E-state index >= 15 is 0 Å². The van der Waals surface area contributed by atoms with Crippen LogP contribution in [-0.2, 0) is 14.0 Å². The summed E-state index contributed by atoms with van der Waals surface area (Å²) in [4.78, 5) is 23.3. The molecule has 0 saturated heterocycles. The number of carboxylic acids is 1. The van der Waals surface area contributed by atoms with E-state index in [1.807, 2.05) is 33.9 Å². The number of amides is 1. The van der Waals surface area contributed by atoms with Gasteiger partial charge in [0.05, 0.1) is 12.7 Å². The number of hydrogen-bond acceptors (Lipinski definition) is 5. The zero-order valence-corrected chi connectivity index (χ0v) is 16.4. The summed E-state index contributed by atoms with van der Waals surface area (Å²) < 4.78 is 11.0. The van der Waals surface area contributed by atoms with Gasteiger partial charge in [0.25, 0.3) is 0 Å². The highest BCUT2D eigenvalue weighted by molar-refractivity contribution is 6.74. The van der Waals surface area contributed by atoms with Crippen molar-refractivity contribution in [3.63, 3.8) is 0 Å². The van der Waals surface area contributed by atoms with Crippen molar-refractivity contribution in [3.05, 3.63) is 0 Å². The fourth-order valence-corrected chi connectivity index (χ4v) is 2.84. The maximum atomic E-state index is 11.8. The number of alkyl carbamates (subject to hydrolysis) is 1. The standard InChI is InChI=1S/C15H31NO6Si/c1-14(2,3)21-13(20)16-11(12(18)19)10(9-17)22-23(7,8)15(4,5)6/h10-11,17H,9H2,1-8H3,(H,16,20)(H,18,19)/t10-,11-/m0/s1. The molecule has 0 heterocycles. The highest BCUT2D eigenvalue weighted by atomic mass is 28.4. The predicted molar refractivity (Wildman–Crippen MR) is 89.9 cm³/mol. The summed E-state index contributed by atoms with van der Waals surface area (Å²) in [6.07, 6.45) is -1.90. The fraction of sp³-hybridized carbons (Fsp3) is 0.867. The first-order chi connectivity index (χ1) is 10.1. The molecule has 2 atom stereocenters. The van der Waals surface area contributed by atoms with Gasteiger partial charge in [-0.25, -0.2) is 9.59 Å². The summed E-state index contributed by atoms with van der Waals surface area (Å²) >= 11 is 0. The summed E-state index contributed by atoms with van der Waals surface area (Å²) in [5.41, 5.74) is -0.748. The Balaban J connectivity index is 5.18. The lowest BCUT2D eigenvalue weighted by molar-refractivity contribution is -0.143. The van der Waals surface area contributed by atoms with E-state index in [0.717, 1.165) is 0 Å². The third-order valence-corrected chi connectivity index (χ3v) is 8.25. The van der Waals surface area contributed by atoms with E-state index < -0.39 is 44.7 Å². The van der Waals surface area contributed by atoms with Crippen LogP contribution in [-0.4, -0.2) is 54.9 Å². The molecule has 0 rings (SSSR count). The molecule has 0 radical (unpaired) electrons. The minimum absolute atomic E-state index is 0.157. The second-order valence-electron chi connectivity index (χ2n) is 8.06. The van der Waals surface area contributed by atoms with Gasteiger partial charge < -0.3 is 24.7 Å². The normalized spacial score (nSPS) is 15.7. The van der Waals surface area contributed by atoms with Crippen LogP contribution in [0.4, 0.5) is 4.79 Å². The molecule has 0 aromatic heterocycles. The SMILES string of the molecule is CC(C)(C)OC(=O)N[C@H](C(=O)O)[C@H](CO)O[Si](C)(C)C(C)(C)C. The highest BCUT2D eigenvalue weighted by Crippen LogP contribution is 2.37. The molecular weight excluding hydrogens is 318 g/mol. The van der Waals surface area contributed by atoms with E-state index in [2.05, 4.69) is 5.32 Å². The monoisotopic (exact) mass is 349 g/mol. The smallest absolute Gasteiger partial charge is 0.408 e. The zero-order chi connectivity index (χ0) is 18.6. The van der Waals surface area contributed by atoms with Crippen molar-refractivity contribution in [1.82, 2.24) is 5.32 Å². The molecule has 1 amide bonds. The predicted octanol–water partition coefficient (Wildman–Crippen LogP) is 2.35. The van der Waals surface area contributed by atoms with Crippen molar-refractivity contribution >= 4 is 20.4 Å². The van der Waals surface area contributed by atoms with E-state index in [0.29, 0.717) is 0 Å². The highest BCUT2D eigenvalue weighted by Gasteiger charge is 2.42. The number of carboxylic acid groups (broad SMARTS) is 1. The van der Waals surface area contributed by atoms with Crippen LogP contribution < -0.4 is 5.32 Å². The first-order valence-corrected chi connectivity index (χ1v) is 10.5. The number of rotatable bonds is 6. The van der Waals surface area contributed by atoms with Gasteiger partial charge in [0.15, 0.2) is 14.4 Å². The molecular formula is C15H31NO6Si. The quantitative estimate of drug-likeness (QED) is 0.636. The van der Waals surface area contributed by atoms with E-state index in [1.165, 1.54) is 0 Å². The molecule has 0 saturated carbocycles. The molecule has 136 valence electrons. The minimum Gasteiger partial charge on any atom is -0.480 e. The Bertz CT molecular complexity index is 425. The molecule has 0 aliphatic carbocycles. The Kier molecular flexibility index (Phi) is 7.26. The number of aliphatic carboxylic acids is 1. The van der Waals surface area contributed by atoms with Gasteiger partial charge in [0.2, 0.25) is 0 Å². The van der Waals surface area contributed by atoms with Crippen LogP contribution in [0.1, 0.15) is 41.5 Å². The average Bonchev–Trinajstić information content (AvgIpc) is 2.29. The molecule has 0 spiro atoms. The topological polar surface area (TPSA) is 105 Å². The maximum absolute atomic E-state index is 11.8. The summed E-state index contributed by atoms with van der Waals surface area (Å²) in [5, 5.41) is 21.1. The van der Waals surface area contributed by atoms with Crippen molar-refractivity contribution in [2.45, 2.75) is 77.4 Å². The van der Waals surface area contributed by atoms with E-state index in [-0.39, 0.29) is 5.04 Å². The molecule has 0 unspecified atom stereocenters. The van der Waals surface area contributed by atoms with Crippen molar-refractivity contribution in [2.75, 3.05) is 6.61 Å². The molecule has 3 N–H and O–H groups in total. The third kappa shape index (κ3) is 7.32. The van der Waals surface area contributed by atoms with Gasteiger partial charge in [-0.3, -0.25) is 0 Å². The van der Waals surface area contributed by atoms with Gasteiger partial charge in [-0.15, -0.1) is 0 Å². The first-order valence-electron chi connectivity index (χ1n) is 7.62. The van der Waals surface area contributed by atoms with Crippen molar-refractivity contribution in [3.8, 4) is 0 Å². The third-order valence-electron chi connectivity index (χ3n) is 3.74. The van der Waals surface area contributed by atoms with Crippen LogP contribution in [0.3, 0.4) is 0 Å². The van der Waals surface area contributed by atoms with Gasteiger partial charge in [-0.1, -0.05) is 20.8 Å². The van der Waals surface area contributed by atoms with Crippen LogP contribution in [0.25, 0.3) is 0 Å². The molecule has 0 aliphatic heterocycles. The molecule has 0 aromatic carbocycles. The van der Waals surface area contributed by atoms with E-state index in [4.69, 9.17) is 9.16 Å².